The summed E-state index contributed by atoms with van der Waals surface area (Å²) in [6.45, 7) is 22.3. The van der Waals surface area contributed by atoms with Gasteiger partial charge in [0, 0.05) is 31.0 Å². The highest BCUT2D eigenvalue weighted by atomic mass is 16.5. The molecular weight excluding hydrogens is 406 g/mol. The molecule has 0 atom stereocenters. The molecule has 1 fully saturated rings. The van der Waals surface area contributed by atoms with Gasteiger partial charge in [0.25, 0.3) is 0 Å². The van der Waals surface area contributed by atoms with Crippen LogP contribution in [-0.4, -0.2) is 31.2 Å². The molecule has 4 nitrogen and oxygen atoms in total. The number of hydrogen-bond acceptors (Lipinski definition) is 4. The van der Waals surface area contributed by atoms with E-state index in [-0.39, 0.29) is 0 Å². The van der Waals surface area contributed by atoms with Crippen LogP contribution in [0.1, 0.15) is 107 Å². The summed E-state index contributed by atoms with van der Waals surface area (Å²) in [6, 6.07) is 10.9. The van der Waals surface area contributed by atoms with Gasteiger partial charge in [-0.05, 0) is 51.5 Å². The highest BCUT2D eigenvalue weighted by Gasteiger charge is 2.16. The standard InChI is InChI=1S/C17H28N2O.C12H19N/c1-12(2)15-9-14(10-16(13(3)4)17(15)18)11-19-5-7-20-8-6-19;1-8(2)10-6-5-7-11(9(3)4)12(10)13/h9-10,12-13H,5-8,11,18H2,1-4H3;5-9H,13H2,1-4H3. The van der Waals surface area contributed by atoms with E-state index in [0.29, 0.717) is 23.7 Å². The molecule has 33 heavy (non-hydrogen) atoms. The predicted octanol–water partition coefficient (Wildman–Crippen LogP) is 6.86. The summed E-state index contributed by atoms with van der Waals surface area (Å²) in [5.74, 6) is 1.96. The van der Waals surface area contributed by atoms with Crippen molar-refractivity contribution in [2.45, 2.75) is 85.6 Å². The summed E-state index contributed by atoms with van der Waals surface area (Å²) in [7, 11) is 0. The molecule has 3 rings (SSSR count). The van der Waals surface area contributed by atoms with Gasteiger partial charge in [-0.25, -0.2) is 0 Å². The summed E-state index contributed by atoms with van der Waals surface area (Å²) in [4.78, 5) is 2.46. The Morgan fingerprint density at radius 2 is 1.09 bits per heavy atom. The van der Waals surface area contributed by atoms with Gasteiger partial charge < -0.3 is 16.2 Å². The molecule has 1 aliphatic heterocycles. The fraction of sp³-hybridized carbons (Fsp3) is 0.586. The molecule has 1 saturated heterocycles. The van der Waals surface area contributed by atoms with Gasteiger partial charge in [-0.2, -0.15) is 0 Å². The maximum atomic E-state index is 6.35. The Morgan fingerprint density at radius 1 is 0.697 bits per heavy atom. The Balaban J connectivity index is 0.000000257. The third-order valence-corrected chi connectivity index (χ3v) is 6.48. The van der Waals surface area contributed by atoms with Crippen molar-refractivity contribution >= 4 is 11.4 Å². The second-order valence-electron chi connectivity index (χ2n) is 10.5. The third kappa shape index (κ3) is 7.48. The second-order valence-corrected chi connectivity index (χ2v) is 10.5. The van der Waals surface area contributed by atoms with Crippen LogP contribution in [0.3, 0.4) is 0 Å². The van der Waals surface area contributed by atoms with Gasteiger partial charge in [0.15, 0.2) is 0 Å². The van der Waals surface area contributed by atoms with Crippen molar-refractivity contribution in [1.29, 1.82) is 0 Å². The molecule has 0 spiro atoms. The Bertz CT molecular complexity index is 825. The largest absolute Gasteiger partial charge is 0.398 e. The van der Waals surface area contributed by atoms with Crippen LogP contribution in [0.15, 0.2) is 30.3 Å². The third-order valence-electron chi connectivity index (χ3n) is 6.48. The Labute approximate surface area is 202 Å². The number of anilines is 2. The summed E-state index contributed by atoms with van der Waals surface area (Å²) in [6.07, 6.45) is 0. The van der Waals surface area contributed by atoms with Crippen molar-refractivity contribution in [1.82, 2.24) is 4.90 Å². The number of benzene rings is 2. The average molecular weight is 454 g/mol. The maximum absolute atomic E-state index is 6.35. The minimum absolute atomic E-state index is 0.470. The molecule has 0 radical (unpaired) electrons. The lowest BCUT2D eigenvalue weighted by Crippen LogP contribution is -2.35. The number of rotatable bonds is 6. The van der Waals surface area contributed by atoms with Crippen molar-refractivity contribution in [2.75, 3.05) is 37.8 Å². The fourth-order valence-corrected chi connectivity index (χ4v) is 4.44. The SMILES string of the molecule is CC(C)c1cc(CN2CCOCC2)cc(C(C)C)c1N.CC(C)c1cccc(C(C)C)c1N. The number of para-hydroxylation sites is 1. The van der Waals surface area contributed by atoms with Crippen molar-refractivity contribution in [3.63, 3.8) is 0 Å². The molecule has 0 aliphatic carbocycles. The number of nitrogens with zero attached hydrogens (tertiary/aromatic N) is 1. The quantitative estimate of drug-likeness (QED) is 0.469. The van der Waals surface area contributed by atoms with Crippen LogP contribution in [-0.2, 0) is 11.3 Å². The highest BCUT2D eigenvalue weighted by Crippen LogP contribution is 2.32. The van der Waals surface area contributed by atoms with E-state index in [1.165, 1.54) is 27.8 Å². The van der Waals surface area contributed by atoms with Gasteiger partial charge in [0.1, 0.15) is 0 Å². The van der Waals surface area contributed by atoms with Gasteiger partial charge in [0.05, 0.1) is 13.2 Å². The van der Waals surface area contributed by atoms with E-state index < -0.39 is 0 Å². The topological polar surface area (TPSA) is 64.5 Å². The molecule has 0 amide bonds. The first kappa shape index (κ1) is 27.2. The van der Waals surface area contributed by atoms with Crippen LogP contribution >= 0.6 is 0 Å². The number of ether oxygens (including phenoxy) is 1. The lowest BCUT2D eigenvalue weighted by Gasteiger charge is -2.27. The molecule has 4 N–H and O–H groups in total. The normalized spacial score (nSPS) is 14.8. The van der Waals surface area contributed by atoms with E-state index in [1.54, 1.807) is 0 Å². The molecule has 0 saturated carbocycles. The molecule has 184 valence electrons. The molecule has 4 heteroatoms. The lowest BCUT2D eigenvalue weighted by molar-refractivity contribution is 0.0342. The van der Waals surface area contributed by atoms with E-state index in [2.05, 4.69) is 90.6 Å². The fourth-order valence-electron chi connectivity index (χ4n) is 4.44. The molecule has 0 aromatic heterocycles. The molecule has 2 aromatic carbocycles. The van der Waals surface area contributed by atoms with E-state index in [1.807, 2.05) is 0 Å². The van der Waals surface area contributed by atoms with Gasteiger partial charge in [-0.15, -0.1) is 0 Å². The van der Waals surface area contributed by atoms with Gasteiger partial charge in [0.2, 0.25) is 0 Å². The number of nitrogen functional groups attached to an aromatic ring is 2. The summed E-state index contributed by atoms with van der Waals surface area (Å²) < 4.78 is 5.42. The van der Waals surface area contributed by atoms with Crippen molar-refractivity contribution < 1.29 is 4.74 Å². The first-order valence-corrected chi connectivity index (χ1v) is 12.6. The molecule has 2 aromatic rings. The second kappa shape index (κ2) is 12.4. The van der Waals surface area contributed by atoms with Gasteiger partial charge in [-0.1, -0.05) is 85.7 Å². The van der Waals surface area contributed by atoms with E-state index in [9.17, 15) is 0 Å². The minimum atomic E-state index is 0.470. The van der Waals surface area contributed by atoms with Crippen molar-refractivity contribution in [3.05, 3.63) is 58.1 Å². The number of nitrogens with two attached hydrogens (primary N) is 2. The number of morpholine rings is 1. The molecule has 1 aliphatic rings. The highest BCUT2D eigenvalue weighted by molar-refractivity contribution is 5.58. The van der Waals surface area contributed by atoms with Crippen LogP contribution in [0.5, 0.6) is 0 Å². The summed E-state index contributed by atoms with van der Waals surface area (Å²) >= 11 is 0. The first-order chi connectivity index (χ1) is 15.5. The molecule has 1 heterocycles. The Kier molecular flexibility index (Phi) is 10.2. The van der Waals surface area contributed by atoms with Crippen LogP contribution in [0.2, 0.25) is 0 Å². The maximum Gasteiger partial charge on any atom is 0.0594 e. The molecular formula is C29H47N3O. The first-order valence-electron chi connectivity index (χ1n) is 12.6. The minimum Gasteiger partial charge on any atom is -0.398 e. The smallest absolute Gasteiger partial charge is 0.0594 e. The van der Waals surface area contributed by atoms with Gasteiger partial charge in [-0.3, -0.25) is 4.90 Å². The average Bonchev–Trinajstić information content (AvgIpc) is 2.75. The summed E-state index contributed by atoms with van der Waals surface area (Å²) in [5, 5.41) is 0. The van der Waals surface area contributed by atoms with Crippen LogP contribution in [0.4, 0.5) is 11.4 Å². The number of hydrogen-bond donors (Lipinski definition) is 2. The van der Waals surface area contributed by atoms with Gasteiger partial charge >= 0.3 is 0 Å². The predicted molar refractivity (Wildman–Crippen MR) is 144 cm³/mol. The zero-order valence-corrected chi connectivity index (χ0v) is 22.2. The monoisotopic (exact) mass is 453 g/mol. The van der Waals surface area contributed by atoms with Crippen LogP contribution < -0.4 is 11.5 Å². The van der Waals surface area contributed by atoms with Crippen LogP contribution in [0, 0.1) is 0 Å². The van der Waals surface area contributed by atoms with Crippen LogP contribution in [0.25, 0.3) is 0 Å². The summed E-state index contributed by atoms with van der Waals surface area (Å²) in [5.41, 5.74) is 20.9. The van der Waals surface area contributed by atoms with E-state index in [4.69, 9.17) is 16.2 Å². The zero-order valence-electron chi connectivity index (χ0n) is 22.2. The lowest BCUT2D eigenvalue weighted by atomic mass is 9.90. The van der Waals surface area contributed by atoms with Crippen molar-refractivity contribution in [3.8, 4) is 0 Å². The zero-order chi connectivity index (χ0) is 24.7. The Hall–Kier alpha value is -2.04. The van der Waals surface area contributed by atoms with E-state index >= 15 is 0 Å². The van der Waals surface area contributed by atoms with E-state index in [0.717, 1.165) is 44.2 Å². The van der Waals surface area contributed by atoms with Crippen molar-refractivity contribution in [2.24, 2.45) is 0 Å². The Morgan fingerprint density at radius 3 is 1.48 bits per heavy atom. The molecule has 0 unspecified atom stereocenters. The molecule has 0 bridgehead atoms.